The first kappa shape index (κ1) is 18.8. The van der Waals surface area contributed by atoms with Gasteiger partial charge in [-0.15, -0.1) is 5.06 Å². The summed E-state index contributed by atoms with van der Waals surface area (Å²) in [7, 11) is 1.16. The molecule has 0 saturated heterocycles. The summed E-state index contributed by atoms with van der Waals surface area (Å²) >= 11 is 0. The van der Waals surface area contributed by atoms with E-state index in [4.69, 9.17) is 15.0 Å². The maximum Gasteiger partial charge on any atom is 0.307 e. The molecule has 1 heterocycles. The van der Waals surface area contributed by atoms with E-state index in [-0.39, 0.29) is 17.5 Å². The van der Waals surface area contributed by atoms with Crippen molar-refractivity contribution >= 4 is 17.7 Å². The summed E-state index contributed by atoms with van der Waals surface area (Å²) < 4.78 is 5.69. The van der Waals surface area contributed by atoms with Gasteiger partial charge in [0, 0.05) is 11.8 Å². The number of hydroxylamine groups is 2. The number of hydrogen-bond donors (Lipinski definition) is 1. The van der Waals surface area contributed by atoms with Crippen LogP contribution in [0.15, 0.2) is 4.42 Å². The van der Waals surface area contributed by atoms with Crippen LogP contribution >= 0.6 is 0 Å². The van der Waals surface area contributed by atoms with Crippen molar-refractivity contribution in [2.45, 2.75) is 52.4 Å². The largest absolute Gasteiger partial charge is 0.444 e. The molecule has 0 aliphatic rings. The van der Waals surface area contributed by atoms with Gasteiger partial charge in [-0.05, 0) is 6.42 Å². The third-order valence-electron chi connectivity index (χ3n) is 3.35. The molecule has 8 heteroatoms. The maximum atomic E-state index is 12.6. The van der Waals surface area contributed by atoms with Crippen LogP contribution in [-0.2, 0) is 14.4 Å². The van der Waals surface area contributed by atoms with Crippen molar-refractivity contribution in [2.24, 2.45) is 5.73 Å². The highest BCUT2D eigenvalue weighted by Crippen LogP contribution is 2.28. The molecule has 2 N–H and O–H groups in total. The van der Waals surface area contributed by atoms with E-state index < -0.39 is 24.1 Å². The number of aromatic nitrogens is 1. The average Bonchev–Trinajstić information content (AvgIpc) is 2.91. The van der Waals surface area contributed by atoms with E-state index >= 15 is 0 Å². The van der Waals surface area contributed by atoms with Crippen LogP contribution in [0.5, 0.6) is 0 Å². The molecule has 0 aliphatic heterocycles. The minimum Gasteiger partial charge on any atom is -0.444 e. The molecule has 0 aromatic carbocycles. The SMILES string of the molecule is CCC(C)c1oc(C(C)C)nc1C(=O)N(OC)C(=O)CC(N)=O. The molecule has 0 spiro atoms. The molecule has 0 radical (unpaired) electrons. The first-order valence-electron chi connectivity index (χ1n) is 7.43. The minimum absolute atomic E-state index is 0.0164. The van der Waals surface area contributed by atoms with Crippen molar-refractivity contribution in [2.75, 3.05) is 7.11 Å². The van der Waals surface area contributed by atoms with Crippen LogP contribution in [0.4, 0.5) is 0 Å². The van der Waals surface area contributed by atoms with Gasteiger partial charge in [-0.25, -0.2) is 4.98 Å². The third-order valence-corrected chi connectivity index (χ3v) is 3.35. The molecule has 23 heavy (non-hydrogen) atoms. The first-order valence-corrected chi connectivity index (χ1v) is 7.43. The second-order valence-corrected chi connectivity index (χ2v) is 5.55. The van der Waals surface area contributed by atoms with Crippen molar-refractivity contribution < 1.29 is 23.6 Å². The second kappa shape index (κ2) is 7.87. The molecule has 3 amide bonds. The Morgan fingerprint density at radius 1 is 1.30 bits per heavy atom. The lowest BCUT2D eigenvalue weighted by molar-refractivity contribution is -0.162. The number of rotatable bonds is 7. The molecule has 1 aromatic rings. The number of carbonyl (C=O) groups is 3. The number of nitrogens with two attached hydrogens (primary N) is 1. The zero-order valence-corrected chi connectivity index (χ0v) is 14.1. The summed E-state index contributed by atoms with van der Waals surface area (Å²) in [5.41, 5.74) is 5.00. The van der Waals surface area contributed by atoms with Gasteiger partial charge in [0.25, 0.3) is 5.91 Å². The lowest BCUT2D eigenvalue weighted by Crippen LogP contribution is -2.38. The van der Waals surface area contributed by atoms with E-state index in [1.807, 2.05) is 27.7 Å². The molecule has 1 aromatic heterocycles. The molecule has 8 nitrogen and oxygen atoms in total. The van der Waals surface area contributed by atoms with Gasteiger partial charge in [-0.3, -0.25) is 19.2 Å². The number of amides is 3. The van der Waals surface area contributed by atoms with Gasteiger partial charge in [-0.1, -0.05) is 27.7 Å². The highest BCUT2D eigenvalue weighted by Gasteiger charge is 2.32. The normalized spacial score (nSPS) is 12.3. The van der Waals surface area contributed by atoms with Crippen molar-refractivity contribution in [3.05, 3.63) is 17.3 Å². The number of nitrogens with zero attached hydrogens (tertiary/aromatic N) is 2. The van der Waals surface area contributed by atoms with E-state index in [2.05, 4.69) is 4.98 Å². The van der Waals surface area contributed by atoms with E-state index in [9.17, 15) is 14.4 Å². The number of oxazole rings is 1. The molecule has 1 atom stereocenters. The molecular formula is C15H23N3O5. The summed E-state index contributed by atoms with van der Waals surface area (Å²) in [6, 6.07) is 0. The van der Waals surface area contributed by atoms with Gasteiger partial charge in [0.2, 0.25) is 5.91 Å². The lowest BCUT2D eigenvalue weighted by Gasteiger charge is -2.16. The summed E-state index contributed by atoms with van der Waals surface area (Å²) in [5, 5.41) is 0.485. The Hall–Kier alpha value is -2.22. The van der Waals surface area contributed by atoms with Gasteiger partial charge < -0.3 is 10.2 Å². The Kier molecular flexibility index (Phi) is 6.44. The van der Waals surface area contributed by atoms with Crippen LogP contribution in [0.25, 0.3) is 0 Å². The van der Waals surface area contributed by atoms with Gasteiger partial charge in [0.05, 0.1) is 7.11 Å². The van der Waals surface area contributed by atoms with Gasteiger partial charge >= 0.3 is 5.91 Å². The monoisotopic (exact) mass is 325 g/mol. The Balaban J connectivity index is 3.23. The first-order chi connectivity index (χ1) is 10.7. The topological polar surface area (TPSA) is 116 Å². The van der Waals surface area contributed by atoms with Crippen molar-refractivity contribution in [3.63, 3.8) is 0 Å². The molecule has 0 bridgehead atoms. The average molecular weight is 325 g/mol. The molecule has 1 rings (SSSR count). The highest BCUT2D eigenvalue weighted by molar-refractivity contribution is 6.07. The predicted molar refractivity (Wildman–Crippen MR) is 81.3 cm³/mol. The quantitative estimate of drug-likeness (QED) is 0.602. The molecule has 1 unspecified atom stereocenters. The predicted octanol–water partition coefficient (Wildman–Crippen LogP) is 1.72. The Bertz CT molecular complexity index is 594. The van der Waals surface area contributed by atoms with Gasteiger partial charge in [0.15, 0.2) is 11.6 Å². The minimum atomic E-state index is -0.853. The molecule has 0 fully saturated rings. The molecule has 0 aliphatic carbocycles. The van der Waals surface area contributed by atoms with Crippen molar-refractivity contribution in [3.8, 4) is 0 Å². The van der Waals surface area contributed by atoms with Crippen molar-refractivity contribution in [1.29, 1.82) is 0 Å². The Labute approximate surface area is 134 Å². The maximum absolute atomic E-state index is 12.6. The van der Waals surface area contributed by atoms with Crippen LogP contribution in [0.1, 0.15) is 74.5 Å². The summed E-state index contributed by atoms with van der Waals surface area (Å²) in [6.45, 7) is 7.60. The van der Waals surface area contributed by atoms with E-state index in [0.29, 0.717) is 16.7 Å². The number of carbonyl (C=O) groups excluding carboxylic acids is 3. The second-order valence-electron chi connectivity index (χ2n) is 5.55. The summed E-state index contributed by atoms with van der Waals surface area (Å²) in [4.78, 5) is 44.4. The highest BCUT2D eigenvalue weighted by atomic mass is 16.7. The van der Waals surface area contributed by atoms with E-state index in [0.717, 1.165) is 13.5 Å². The third kappa shape index (κ3) is 4.38. The van der Waals surface area contributed by atoms with Crippen LogP contribution in [0, 0.1) is 0 Å². The number of imide groups is 1. The fraction of sp³-hybridized carbons (Fsp3) is 0.600. The zero-order chi connectivity index (χ0) is 17.7. The fourth-order valence-electron chi connectivity index (χ4n) is 1.88. The number of hydrogen-bond acceptors (Lipinski definition) is 6. The van der Waals surface area contributed by atoms with Crippen LogP contribution in [0.3, 0.4) is 0 Å². The summed E-state index contributed by atoms with van der Waals surface area (Å²) in [6.07, 6.45) is 0.0996. The smallest absolute Gasteiger partial charge is 0.307 e. The van der Waals surface area contributed by atoms with Crippen LogP contribution in [-0.4, -0.2) is 34.9 Å². The van der Waals surface area contributed by atoms with Crippen molar-refractivity contribution in [1.82, 2.24) is 10.0 Å². The van der Waals surface area contributed by atoms with Gasteiger partial charge in [-0.2, -0.15) is 0 Å². The van der Waals surface area contributed by atoms with Crippen LogP contribution < -0.4 is 5.73 Å². The van der Waals surface area contributed by atoms with E-state index in [1.165, 1.54) is 0 Å². The lowest BCUT2D eigenvalue weighted by atomic mass is 10.0. The molecular weight excluding hydrogens is 302 g/mol. The molecule has 128 valence electrons. The Morgan fingerprint density at radius 3 is 2.35 bits per heavy atom. The fourth-order valence-corrected chi connectivity index (χ4v) is 1.88. The van der Waals surface area contributed by atoms with E-state index in [1.54, 1.807) is 0 Å². The van der Waals surface area contributed by atoms with Crippen LogP contribution in [0.2, 0.25) is 0 Å². The number of primary amides is 1. The standard InChI is InChI=1S/C15H23N3O5/c1-6-9(4)13-12(17-14(23-13)8(2)3)15(21)18(22-5)11(20)7-10(16)19/h8-9H,6-7H2,1-5H3,(H2,16,19). The molecule has 0 saturated carbocycles. The summed E-state index contributed by atoms with van der Waals surface area (Å²) in [5.74, 6) is -1.75. The van der Waals surface area contributed by atoms with Gasteiger partial charge in [0.1, 0.15) is 12.2 Å². The zero-order valence-electron chi connectivity index (χ0n) is 14.1. The Morgan fingerprint density at radius 2 is 1.91 bits per heavy atom.